The van der Waals surface area contributed by atoms with Crippen molar-refractivity contribution < 1.29 is 4.79 Å². The second kappa shape index (κ2) is 6.41. The molecular weight excluding hydrogens is 262 g/mol. The Morgan fingerprint density at radius 2 is 1.62 bits per heavy atom. The van der Waals surface area contributed by atoms with Gasteiger partial charge in [0.05, 0.1) is 5.54 Å². The van der Waals surface area contributed by atoms with Gasteiger partial charge in [-0.1, -0.05) is 42.5 Å². The van der Waals surface area contributed by atoms with Gasteiger partial charge in [-0.3, -0.25) is 4.79 Å². The maximum absolute atomic E-state index is 11.2. The smallest absolute Gasteiger partial charge is 0.237 e. The van der Waals surface area contributed by atoms with Gasteiger partial charge in [-0.05, 0) is 36.6 Å². The monoisotopic (exact) mass is 283 g/mol. The zero-order chi connectivity index (χ0) is 15.3. The fraction of sp³-hybridized carbons (Fsp3) is 0.235. The predicted octanol–water partition coefficient (Wildman–Crippen LogP) is 2.04. The summed E-state index contributed by atoms with van der Waals surface area (Å²) in [4.78, 5) is 11.2. The molecule has 0 aliphatic rings. The number of rotatable bonds is 6. The Balaban J connectivity index is 1.95. The molecule has 0 saturated carbocycles. The molecule has 0 aliphatic heterocycles. The maximum Gasteiger partial charge on any atom is 0.237 e. The van der Waals surface area contributed by atoms with Gasteiger partial charge in [0.15, 0.2) is 0 Å². The minimum atomic E-state index is -1.01. The van der Waals surface area contributed by atoms with Crippen LogP contribution in [0.5, 0.6) is 0 Å². The number of nitrogens with one attached hydrogen (secondary N) is 1. The van der Waals surface area contributed by atoms with E-state index in [1.807, 2.05) is 54.6 Å². The van der Waals surface area contributed by atoms with E-state index in [2.05, 4.69) is 5.32 Å². The van der Waals surface area contributed by atoms with Crippen molar-refractivity contribution in [1.29, 1.82) is 0 Å². The van der Waals surface area contributed by atoms with Crippen LogP contribution in [0.25, 0.3) is 0 Å². The standard InChI is InChI=1S/C17H21N3O/c1-17(19,16(18)21)11-13-7-9-14(10-8-13)12-20-15-5-3-2-4-6-15/h2-10,20H,11-12,19H2,1H3,(H2,18,21). The lowest BCUT2D eigenvalue weighted by molar-refractivity contribution is -0.122. The summed E-state index contributed by atoms with van der Waals surface area (Å²) in [7, 11) is 0. The molecule has 5 N–H and O–H groups in total. The summed E-state index contributed by atoms with van der Waals surface area (Å²) in [5.41, 5.74) is 13.4. The molecule has 1 amide bonds. The van der Waals surface area contributed by atoms with Gasteiger partial charge >= 0.3 is 0 Å². The van der Waals surface area contributed by atoms with Gasteiger partial charge < -0.3 is 16.8 Å². The third-order valence-electron chi connectivity index (χ3n) is 3.43. The van der Waals surface area contributed by atoms with Gasteiger partial charge in [0.25, 0.3) is 0 Å². The predicted molar refractivity (Wildman–Crippen MR) is 85.7 cm³/mol. The van der Waals surface area contributed by atoms with Crippen LogP contribution in [0.15, 0.2) is 54.6 Å². The lowest BCUT2D eigenvalue weighted by atomic mass is 9.93. The van der Waals surface area contributed by atoms with Gasteiger partial charge in [0.1, 0.15) is 0 Å². The fourth-order valence-electron chi connectivity index (χ4n) is 2.05. The highest BCUT2D eigenvalue weighted by atomic mass is 16.1. The highest BCUT2D eigenvalue weighted by Gasteiger charge is 2.25. The minimum absolute atomic E-state index is 0.439. The third-order valence-corrected chi connectivity index (χ3v) is 3.43. The Kier molecular flexibility index (Phi) is 4.60. The van der Waals surface area contributed by atoms with Crippen LogP contribution in [0.1, 0.15) is 18.1 Å². The van der Waals surface area contributed by atoms with Gasteiger partial charge in [0, 0.05) is 12.2 Å². The molecule has 0 radical (unpaired) electrons. The summed E-state index contributed by atoms with van der Waals surface area (Å²) < 4.78 is 0. The highest BCUT2D eigenvalue weighted by Crippen LogP contribution is 2.13. The summed E-state index contributed by atoms with van der Waals surface area (Å²) in [6.45, 7) is 2.40. The Morgan fingerprint density at radius 1 is 1.05 bits per heavy atom. The molecule has 0 aromatic heterocycles. The zero-order valence-electron chi connectivity index (χ0n) is 12.2. The number of anilines is 1. The molecule has 4 nitrogen and oxygen atoms in total. The summed E-state index contributed by atoms with van der Waals surface area (Å²) in [6, 6.07) is 18.1. The molecule has 0 aliphatic carbocycles. The van der Waals surface area contributed by atoms with Crippen molar-refractivity contribution in [2.24, 2.45) is 11.5 Å². The first kappa shape index (κ1) is 15.1. The third kappa shape index (κ3) is 4.33. The van der Waals surface area contributed by atoms with Gasteiger partial charge in [-0.15, -0.1) is 0 Å². The van der Waals surface area contributed by atoms with Crippen molar-refractivity contribution >= 4 is 11.6 Å². The Hall–Kier alpha value is -2.33. The summed E-state index contributed by atoms with van der Waals surface area (Å²) >= 11 is 0. The fourth-order valence-corrected chi connectivity index (χ4v) is 2.05. The van der Waals surface area contributed by atoms with Crippen molar-refractivity contribution in [3.8, 4) is 0 Å². The lowest BCUT2D eigenvalue weighted by Gasteiger charge is -2.20. The van der Waals surface area contributed by atoms with Crippen LogP contribution in [-0.2, 0) is 17.8 Å². The number of primary amides is 1. The number of carbonyl (C=O) groups is 1. The quantitative estimate of drug-likeness (QED) is 0.759. The number of para-hydroxylation sites is 1. The molecule has 2 rings (SSSR count). The van der Waals surface area contributed by atoms with E-state index in [-0.39, 0.29) is 0 Å². The first-order valence-electron chi connectivity index (χ1n) is 6.93. The normalized spacial score (nSPS) is 13.4. The molecule has 0 heterocycles. The SMILES string of the molecule is CC(N)(Cc1ccc(CNc2ccccc2)cc1)C(N)=O. The number of hydrogen-bond acceptors (Lipinski definition) is 3. The molecule has 1 atom stereocenters. The average molecular weight is 283 g/mol. The number of nitrogens with two attached hydrogens (primary N) is 2. The molecule has 2 aromatic carbocycles. The number of benzene rings is 2. The summed E-state index contributed by atoms with van der Waals surface area (Å²) in [5.74, 6) is -0.489. The van der Waals surface area contributed by atoms with Crippen molar-refractivity contribution in [1.82, 2.24) is 0 Å². The molecule has 0 bridgehead atoms. The summed E-state index contributed by atoms with van der Waals surface area (Å²) in [5, 5.41) is 3.35. The van der Waals surface area contributed by atoms with E-state index in [9.17, 15) is 4.79 Å². The molecule has 0 saturated heterocycles. The zero-order valence-corrected chi connectivity index (χ0v) is 12.2. The Labute approximate surface area is 125 Å². The second-order valence-corrected chi connectivity index (χ2v) is 5.49. The Bertz CT molecular complexity index is 591. The van der Waals surface area contributed by atoms with Crippen molar-refractivity contribution in [2.45, 2.75) is 25.4 Å². The van der Waals surface area contributed by atoms with Crippen LogP contribution in [0, 0.1) is 0 Å². The van der Waals surface area contributed by atoms with E-state index in [1.165, 1.54) is 5.56 Å². The first-order chi connectivity index (χ1) is 9.97. The van der Waals surface area contributed by atoms with Crippen molar-refractivity contribution in [3.63, 3.8) is 0 Å². The van der Waals surface area contributed by atoms with Crippen LogP contribution in [0.4, 0.5) is 5.69 Å². The topological polar surface area (TPSA) is 81.1 Å². The number of hydrogen-bond donors (Lipinski definition) is 3. The van der Waals surface area contributed by atoms with Gasteiger partial charge in [0.2, 0.25) is 5.91 Å². The molecule has 4 heteroatoms. The maximum atomic E-state index is 11.2. The lowest BCUT2D eigenvalue weighted by Crippen LogP contribution is -2.51. The largest absolute Gasteiger partial charge is 0.381 e. The number of carbonyl (C=O) groups excluding carboxylic acids is 1. The van der Waals surface area contributed by atoms with E-state index in [4.69, 9.17) is 11.5 Å². The van der Waals surface area contributed by atoms with Crippen molar-refractivity contribution in [3.05, 3.63) is 65.7 Å². The van der Waals surface area contributed by atoms with E-state index in [0.29, 0.717) is 6.42 Å². The van der Waals surface area contributed by atoms with Gasteiger partial charge in [-0.25, -0.2) is 0 Å². The molecule has 2 aromatic rings. The molecule has 0 spiro atoms. The Morgan fingerprint density at radius 3 is 2.19 bits per heavy atom. The average Bonchev–Trinajstić information content (AvgIpc) is 2.47. The first-order valence-corrected chi connectivity index (χ1v) is 6.93. The van der Waals surface area contributed by atoms with E-state index >= 15 is 0 Å². The molecule has 0 fully saturated rings. The molecule has 110 valence electrons. The van der Waals surface area contributed by atoms with E-state index in [1.54, 1.807) is 6.92 Å². The van der Waals surface area contributed by atoms with Crippen LogP contribution in [-0.4, -0.2) is 11.4 Å². The highest BCUT2D eigenvalue weighted by molar-refractivity contribution is 5.84. The van der Waals surface area contributed by atoms with Crippen LogP contribution < -0.4 is 16.8 Å². The van der Waals surface area contributed by atoms with Crippen LogP contribution in [0.3, 0.4) is 0 Å². The van der Waals surface area contributed by atoms with Crippen molar-refractivity contribution in [2.75, 3.05) is 5.32 Å². The molecule has 1 unspecified atom stereocenters. The molecular formula is C17H21N3O. The minimum Gasteiger partial charge on any atom is -0.381 e. The van der Waals surface area contributed by atoms with Crippen LogP contribution >= 0.6 is 0 Å². The summed E-state index contributed by atoms with van der Waals surface area (Å²) in [6.07, 6.45) is 0.439. The second-order valence-electron chi connectivity index (χ2n) is 5.49. The van der Waals surface area contributed by atoms with Crippen LogP contribution in [0.2, 0.25) is 0 Å². The van der Waals surface area contributed by atoms with Gasteiger partial charge in [-0.2, -0.15) is 0 Å². The van der Waals surface area contributed by atoms with E-state index in [0.717, 1.165) is 17.8 Å². The molecule has 21 heavy (non-hydrogen) atoms. The van der Waals surface area contributed by atoms with E-state index < -0.39 is 11.4 Å². The number of amides is 1.